The summed E-state index contributed by atoms with van der Waals surface area (Å²) < 4.78 is 2.29. The highest BCUT2D eigenvalue weighted by Gasteiger charge is 2.13. The second-order valence-electron chi connectivity index (χ2n) is 5.27. The molecule has 0 amide bonds. The lowest BCUT2D eigenvalue weighted by molar-refractivity contribution is 0.520. The minimum absolute atomic E-state index is 0.533. The minimum Gasteiger partial charge on any atom is -0.335 e. The lowest BCUT2D eigenvalue weighted by atomic mass is 10.2. The lowest BCUT2D eigenvalue weighted by Gasteiger charge is -2.19. The minimum atomic E-state index is 0.533. The predicted octanol–water partition coefficient (Wildman–Crippen LogP) is 3.35. The first kappa shape index (κ1) is 16.6. The van der Waals surface area contributed by atoms with Crippen molar-refractivity contribution >= 4 is 11.8 Å². The number of nitrogens with zero attached hydrogens (tertiary/aromatic N) is 2. The summed E-state index contributed by atoms with van der Waals surface area (Å²) in [7, 11) is 0. The molecule has 4 heteroatoms. The summed E-state index contributed by atoms with van der Waals surface area (Å²) in [4.78, 5) is 4.52. The van der Waals surface area contributed by atoms with Crippen LogP contribution in [0.2, 0.25) is 0 Å². The van der Waals surface area contributed by atoms with Crippen LogP contribution in [0.3, 0.4) is 0 Å². The summed E-state index contributed by atoms with van der Waals surface area (Å²) in [5, 5.41) is 4.35. The fourth-order valence-corrected chi connectivity index (χ4v) is 2.89. The first-order valence-corrected chi connectivity index (χ1v) is 8.57. The Bertz CT molecular complexity index is 336. The summed E-state index contributed by atoms with van der Waals surface area (Å²) >= 11 is 2.03. The van der Waals surface area contributed by atoms with Crippen LogP contribution in [0.25, 0.3) is 0 Å². The average Bonchev–Trinajstić information content (AvgIpc) is 2.80. The SMILES string of the molecule is CCCNC(CSC(C)C)Cc1nccn1CCC. The fourth-order valence-electron chi connectivity index (χ4n) is 2.04. The zero-order chi connectivity index (χ0) is 14.1. The van der Waals surface area contributed by atoms with Gasteiger partial charge in [0.2, 0.25) is 0 Å². The van der Waals surface area contributed by atoms with Crippen molar-refractivity contribution in [2.75, 3.05) is 12.3 Å². The number of aryl methyl sites for hydroxylation is 1. The van der Waals surface area contributed by atoms with E-state index in [1.165, 1.54) is 12.2 Å². The van der Waals surface area contributed by atoms with E-state index in [9.17, 15) is 0 Å². The van der Waals surface area contributed by atoms with Gasteiger partial charge in [-0.3, -0.25) is 0 Å². The van der Waals surface area contributed by atoms with E-state index >= 15 is 0 Å². The highest BCUT2D eigenvalue weighted by molar-refractivity contribution is 7.99. The second-order valence-corrected chi connectivity index (χ2v) is 6.88. The number of aromatic nitrogens is 2. The summed E-state index contributed by atoms with van der Waals surface area (Å²) in [6.07, 6.45) is 7.42. The van der Waals surface area contributed by atoms with Crippen LogP contribution in [-0.4, -0.2) is 33.1 Å². The Hall–Kier alpha value is -0.480. The molecule has 0 saturated heterocycles. The molecule has 1 atom stereocenters. The highest BCUT2D eigenvalue weighted by Crippen LogP contribution is 2.13. The number of thioether (sulfide) groups is 1. The van der Waals surface area contributed by atoms with Crippen molar-refractivity contribution in [1.29, 1.82) is 0 Å². The van der Waals surface area contributed by atoms with Gasteiger partial charge in [-0.05, 0) is 24.6 Å². The van der Waals surface area contributed by atoms with Crippen molar-refractivity contribution in [3.05, 3.63) is 18.2 Å². The maximum absolute atomic E-state index is 4.52. The number of nitrogens with one attached hydrogen (secondary N) is 1. The highest BCUT2D eigenvalue weighted by atomic mass is 32.2. The van der Waals surface area contributed by atoms with E-state index in [1.807, 2.05) is 18.0 Å². The molecular formula is C15H29N3S. The van der Waals surface area contributed by atoms with Crippen LogP contribution in [0.4, 0.5) is 0 Å². The molecule has 0 aliphatic carbocycles. The molecule has 0 saturated carbocycles. The van der Waals surface area contributed by atoms with Gasteiger partial charge in [-0.25, -0.2) is 4.98 Å². The van der Waals surface area contributed by atoms with Gasteiger partial charge in [-0.2, -0.15) is 11.8 Å². The number of rotatable bonds is 10. The molecule has 1 N–H and O–H groups in total. The summed E-state index contributed by atoms with van der Waals surface area (Å²) in [5.41, 5.74) is 0. The van der Waals surface area contributed by atoms with Gasteiger partial charge >= 0.3 is 0 Å². The van der Waals surface area contributed by atoms with Crippen LogP contribution in [0, 0.1) is 0 Å². The Kier molecular flexibility index (Phi) is 8.22. The van der Waals surface area contributed by atoms with E-state index in [2.05, 4.69) is 48.8 Å². The molecule has 0 aliphatic heterocycles. The first-order valence-electron chi connectivity index (χ1n) is 7.52. The normalized spacial score (nSPS) is 13.1. The Balaban J connectivity index is 2.56. The van der Waals surface area contributed by atoms with Crippen LogP contribution < -0.4 is 5.32 Å². The summed E-state index contributed by atoms with van der Waals surface area (Å²) in [6, 6.07) is 0.533. The third-order valence-corrected chi connectivity index (χ3v) is 4.27. The maximum atomic E-state index is 4.52. The van der Waals surface area contributed by atoms with Gasteiger partial charge in [0.1, 0.15) is 5.82 Å². The van der Waals surface area contributed by atoms with Crippen LogP contribution in [-0.2, 0) is 13.0 Å². The largest absolute Gasteiger partial charge is 0.335 e. The fraction of sp³-hybridized carbons (Fsp3) is 0.800. The monoisotopic (exact) mass is 283 g/mol. The first-order chi connectivity index (χ1) is 9.17. The van der Waals surface area contributed by atoms with Gasteiger partial charge in [0.25, 0.3) is 0 Å². The van der Waals surface area contributed by atoms with E-state index in [-0.39, 0.29) is 0 Å². The smallest absolute Gasteiger partial charge is 0.110 e. The van der Waals surface area contributed by atoms with Gasteiger partial charge in [-0.15, -0.1) is 0 Å². The van der Waals surface area contributed by atoms with Crippen molar-refractivity contribution in [3.63, 3.8) is 0 Å². The third-order valence-electron chi connectivity index (χ3n) is 3.01. The quantitative estimate of drug-likeness (QED) is 0.714. The van der Waals surface area contributed by atoms with Crippen LogP contribution in [0.1, 0.15) is 46.4 Å². The van der Waals surface area contributed by atoms with Crippen molar-refractivity contribution in [2.24, 2.45) is 0 Å². The van der Waals surface area contributed by atoms with Gasteiger partial charge < -0.3 is 9.88 Å². The summed E-state index contributed by atoms with van der Waals surface area (Å²) in [6.45, 7) is 11.1. The van der Waals surface area contributed by atoms with Crippen molar-refractivity contribution in [2.45, 2.75) is 64.8 Å². The molecule has 3 nitrogen and oxygen atoms in total. The second kappa shape index (κ2) is 9.43. The third kappa shape index (κ3) is 6.48. The van der Waals surface area contributed by atoms with E-state index < -0.39 is 0 Å². The molecule has 1 unspecified atom stereocenters. The molecule has 1 heterocycles. The van der Waals surface area contributed by atoms with Gasteiger partial charge in [0.15, 0.2) is 0 Å². The van der Waals surface area contributed by atoms with Crippen molar-refractivity contribution < 1.29 is 0 Å². The number of imidazole rings is 1. The van der Waals surface area contributed by atoms with Gasteiger partial charge in [0, 0.05) is 37.2 Å². The Labute approximate surface area is 122 Å². The van der Waals surface area contributed by atoms with Gasteiger partial charge in [0.05, 0.1) is 0 Å². The Morgan fingerprint density at radius 1 is 1.32 bits per heavy atom. The molecule has 0 aromatic carbocycles. The predicted molar refractivity (Wildman–Crippen MR) is 85.9 cm³/mol. The molecule has 1 rings (SSSR count). The van der Waals surface area contributed by atoms with E-state index in [1.54, 1.807) is 0 Å². The van der Waals surface area contributed by atoms with Crippen LogP contribution in [0.15, 0.2) is 12.4 Å². The Morgan fingerprint density at radius 2 is 2.11 bits per heavy atom. The molecule has 110 valence electrons. The molecule has 0 aliphatic rings. The molecular weight excluding hydrogens is 254 g/mol. The Morgan fingerprint density at radius 3 is 2.74 bits per heavy atom. The number of hydrogen-bond donors (Lipinski definition) is 1. The summed E-state index contributed by atoms with van der Waals surface area (Å²) in [5.74, 6) is 2.39. The molecule has 0 spiro atoms. The molecule has 19 heavy (non-hydrogen) atoms. The van der Waals surface area contributed by atoms with Gasteiger partial charge in [-0.1, -0.05) is 27.7 Å². The molecule has 1 aromatic rings. The molecule has 0 fully saturated rings. The zero-order valence-corrected chi connectivity index (χ0v) is 13.7. The standard InChI is InChI=1S/C15H29N3S/c1-5-7-16-14(12-19-13(3)4)11-15-17-8-10-18(15)9-6-2/h8,10,13-14,16H,5-7,9,11-12H2,1-4H3. The topological polar surface area (TPSA) is 29.9 Å². The van der Waals surface area contributed by atoms with Crippen molar-refractivity contribution in [1.82, 2.24) is 14.9 Å². The number of hydrogen-bond acceptors (Lipinski definition) is 3. The molecule has 0 bridgehead atoms. The average molecular weight is 283 g/mol. The molecule has 0 radical (unpaired) electrons. The zero-order valence-electron chi connectivity index (χ0n) is 12.9. The van der Waals surface area contributed by atoms with E-state index in [0.717, 1.165) is 31.7 Å². The van der Waals surface area contributed by atoms with Crippen molar-refractivity contribution in [3.8, 4) is 0 Å². The molecule has 1 aromatic heterocycles. The van der Waals surface area contributed by atoms with E-state index in [0.29, 0.717) is 11.3 Å². The lowest BCUT2D eigenvalue weighted by Crippen LogP contribution is -2.35. The van der Waals surface area contributed by atoms with Crippen LogP contribution in [0.5, 0.6) is 0 Å². The maximum Gasteiger partial charge on any atom is 0.110 e. The van der Waals surface area contributed by atoms with Crippen LogP contribution >= 0.6 is 11.8 Å². The van der Waals surface area contributed by atoms with E-state index in [4.69, 9.17) is 0 Å².